The Balaban J connectivity index is 1.99. The number of hydrogen-bond acceptors (Lipinski definition) is 3. The molecule has 0 bridgehead atoms. The molecular formula is C18H27NO3. The van der Waals surface area contributed by atoms with Crippen LogP contribution in [0.2, 0.25) is 0 Å². The molecular weight excluding hydrogens is 278 g/mol. The summed E-state index contributed by atoms with van der Waals surface area (Å²) in [5, 5.41) is 3.12. The van der Waals surface area contributed by atoms with E-state index in [4.69, 9.17) is 9.47 Å². The smallest absolute Gasteiger partial charge is 0.251 e. The van der Waals surface area contributed by atoms with Crippen molar-refractivity contribution in [3.63, 3.8) is 0 Å². The number of benzene rings is 1. The summed E-state index contributed by atoms with van der Waals surface area (Å²) in [6.45, 7) is 2.79. The summed E-state index contributed by atoms with van der Waals surface area (Å²) in [6.07, 6.45) is 7.96. The third kappa shape index (κ3) is 4.65. The summed E-state index contributed by atoms with van der Waals surface area (Å²) in [7, 11) is 1.60. The number of unbranched alkanes of at least 4 members (excludes halogenated alkanes) is 1. The Labute approximate surface area is 133 Å². The van der Waals surface area contributed by atoms with Crippen LogP contribution in [0.25, 0.3) is 0 Å². The Morgan fingerprint density at radius 1 is 1.23 bits per heavy atom. The molecule has 0 aromatic heterocycles. The van der Waals surface area contributed by atoms with Crippen molar-refractivity contribution in [1.82, 2.24) is 5.32 Å². The molecule has 0 heterocycles. The summed E-state index contributed by atoms with van der Waals surface area (Å²) >= 11 is 0. The molecule has 0 atom stereocenters. The van der Waals surface area contributed by atoms with Gasteiger partial charge in [0.05, 0.1) is 13.7 Å². The number of hydrogen-bond donors (Lipinski definition) is 1. The maximum absolute atomic E-state index is 12.3. The number of ether oxygens (including phenoxy) is 2. The molecule has 1 aliphatic rings. The highest BCUT2D eigenvalue weighted by Crippen LogP contribution is 2.28. The molecule has 2 rings (SSSR count). The number of rotatable bonds is 7. The molecule has 1 aromatic rings. The summed E-state index contributed by atoms with van der Waals surface area (Å²) < 4.78 is 11.0. The van der Waals surface area contributed by atoms with E-state index in [2.05, 4.69) is 12.2 Å². The van der Waals surface area contributed by atoms with E-state index >= 15 is 0 Å². The maximum Gasteiger partial charge on any atom is 0.251 e. The lowest BCUT2D eigenvalue weighted by Gasteiger charge is -2.23. The van der Waals surface area contributed by atoms with Crippen molar-refractivity contribution in [3.05, 3.63) is 23.8 Å². The molecule has 1 saturated carbocycles. The topological polar surface area (TPSA) is 47.6 Å². The van der Waals surface area contributed by atoms with E-state index in [9.17, 15) is 4.79 Å². The molecule has 0 saturated heterocycles. The van der Waals surface area contributed by atoms with Crippen LogP contribution in [0, 0.1) is 0 Å². The van der Waals surface area contributed by atoms with E-state index < -0.39 is 0 Å². The Kier molecular flexibility index (Phi) is 6.56. The minimum absolute atomic E-state index is 0.0229. The van der Waals surface area contributed by atoms with E-state index in [0.717, 1.165) is 25.7 Å². The first-order chi connectivity index (χ1) is 10.7. The Morgan fingerprint density at radius 3 is 2.68 bits per heavy atom. The predicted molar refractivity (Wildman–Crippen MR) is 87.7 cm³/mol. The predicted octanol–water partition coefficient (Wildman–Crippen LogP) is 3.94. The summed E-state index contributed by atoms with van der Waals surface area (Å²) in [5.41, 5.74) is 0.630. The molecule has 0 unspecified atom stereocenters. The molecule has 4 heteroatoms. The maximum atomic E-state index is 12.3. The summed E-state index contributed by atoms with van der Waals surface area (Å²) in [5.74, 6) is 1.29. The quantitative estimate of drug-likeness (QED) is 0.776. The van der Waals surface area contributed by atoms with Gasteiger partial charge in [0.2, 0.25) is 0 Å². The second-order valence-electron chi connectivity index (χ2n) is 5.88. The molecule has 1 aromatic carbocycles. The van der Waals surface area contributed by atoms with Crippen molar-refractivity contribution >= 4 is 5.91 Å². The van der Waals surface area contributed by atoms with Crippen LogP contribution in [0.1, 0.15) is 62.2 Å². The highest BCUT2D eigenvalue weighted by Gasteiger charge is 2.17. The minimum Gasteiger partial charge on any atom is -0.493 e. The van der Waals surface area contributed by atoms with Crippen LogP contribution in [0.3, 0.4) is 0 Å². The number of amides is 1. The zero-order chi connectivity index (χ0) is 15.8. The molecule has 1 amide bonds. The fourth-order valence-electron chi connectivity index (χ4n) is 2.77. The zero-order valence-electron chi connectivity index (χ0n) is 13.7. The molecule has 122 valence electrons. The zero-order valence-corrected chi connectivity index (χ0v) is 13.7. The van der Waals surface area contributed by atoms with Gasteiger partial charge in [-0.1, -0.05) is 32.6 Å². The van der Waals surface area contributed by atoms with Crippen molar-refractivity contribution in [2.45, 2.75) is 57.9 Å². The normalized spacial score (nSPS) is 15.4. The SMILES string of the molecule is CCCCOc1ccc(C(=O)NC2CCCCC2)cc1OC. The van der Waals surface area contributed by atoms with Gasteiger partial charge in [0.1, 0.15) is 0 Å². The van der Waals surface area contributed by atoms with Gasteiger partial charge in [-0.25, -0.2) is 0 Å². The largest absolute Gasteiger partial charge is 0.493 e. The van der Waals surface area contributed by atoms with Gasteiger partial charge >= 0.3 is 0 Å². The molecule has 0 radical (unpaired) electrons. The van der Waals surface area contributed by atoms with Gasteiger partial charge in [0.15, 0.2) is 11.5 Å². The molecule has 1 N–H and O–H groups in total. The number of nitrogens with one attached hydrogen (secondary N) is 1. The lowest BCUT2D eigenvalue weighted by molar-refractivity contribution is 0.0927. The third-order valence-electron chi connectivity index (χ3n) is 4.12. The van der Waals surface area contributed by atoms with E-state index in [1.807, 2.05) is 12.1 Å². The van der Waals surface area contributed by atoms with E-state index in [1.54, 1.807) is 13.2 Å². The highest BCUT2D eigenvalue weighted by atomic mass is 16.5. The average Bonchev–Trinajstić information content (AvgIpc) is 2.56. The van der Waals surface area contributed by atoms with E-state index in [1.165, 1.54) is 19.3 Å². The number of methoxy groups -OCH3 is 1. The van der Waals surface area contributed by atoms with Gasteiger partial charge in [0, 0.05) is 11.6 Å². The highest BCUT2D eigenvalue weighted by molar-refractivity contribution is 5.95. The molecule has 4 nitrogen and oxygen atoms in total. The van der Waals surface area contributed by atoms with Crippen LogP contribution >= 0.6 is 0 Å². The summed E-state index contributed by atoms with van der Waals surface area (Å²) in [4.78, 5) is 12.3. The van der Waals surface area contributed by atoms with Crippen molar-refractivity contribution in [2.75, 3.05) is 13.7 Å². The van der Waals surface area contributed by atoms with Gasteiger partial charge in [-0.3, -0.25) is 4.79 Å². The fraction of sp³-hybridized carbons (Fsp3) is 0.611. The lowest BCUT2D eigenvalue weighted by atomic mass is 9.95. The van der Waals surface area contributed by atoms with Crippen molar-refractivity contribution in [2.24, 2.45) is 0 Å². The van der Waals surface area contributed by atoms with E-state index in [0.29, 0.717) is 29.7 Å². The van der Waals surface area contributed by atoms with Crippen molar-refractivity contribution in [3.8, 4) is 11.5 Å². The van der Waals surface area contributed by atoms with Crippen molar-refractivity contribution in [1.29, 1.82) is 0 Å². The molecule has 1 fully saturated rings. The van der Waals surface area contributed by atoms with E-state index in [-0.39, 0.29) is 5.91 Å². The van der Waals surface area contributed by atoms with Crippen LogP contribution in [-0.4, -0.2) is 25.7 Å². The number of carbonyl (C=O) groups excluding carboxylic acids is 1. The van der Waals surface area contributed by atoms with Crippen LogP contribution in [0.15, 0.2) is 18.2 Å². The number of carbonyl (C=O) groups is 1. The monoisotopic (exact) mass is 305 g/mol. The molecule has 0 spiro atoms. The lowest BCUT2D eigenvalue weighted by Crippen LogP contribution is -2.36. The molecule has 0 aliphatic heterocycles. The van der Waals surface area contributed by atoms with Crippen LogP contribution in [0.4, 0.5) is 0 Å². The van der Waals surface area contributed by atoms with Crippen LogP contribution < -0.4 is 14.8 Å². The van der Waals surface area contributed by atoms with Crippen LogP contribution in [0.5, 0.6) is 11.5 Å². The summed E-state index contributed by atoms with van der Waals surface area (Å²) in [6, 6.07) is 5.71. The first kappa shape index (κ1) is 16.7. The van der Waals surface area contributed by atoms with Gasteiger partial charge < -0.3 is 14.8 Å². The molecule has 22 heavy (non-hydrogen) atoms. The Morgan fingerprint density at radius 2 is 2.00 bits per heavy atom. The third-order valence-corrected chi connectivity index (χ3v) is 4.12. The Hall–Kier alpha value is -1.71. The van der Waals surface area contributed by atoms with Gasteiger partial charge in [-0.05, 0) is 37.5 Å². The van der Waals surface area contributed by atoms with Crippen LogP contribution in [-0.2, 0) is 0 Å². The first-order valence-corrected chi connectivity index (χ1v) is 8.36. The van der Waals surface area contributed by atoms with Crippen molar-refractivity contribution < 1.29 is 14.3 Å². The fourth-order valence-corrected chi connectivity index (χ4v) is 2.77. The minimum atomic E-state index is -0.0229. The second kappa shape index (κ2) is 8.66. The average molecular weight is 305 g/mol. The van der Waals surface area contributed by atoms with Gasteiger partial charge in [-0.15, -0.1) is 0 Å². The molecule has 1 aliphatic carbocycles. The van der Waals surface area contributed by atoms with Gasteiger partial charge in [0.25, 0.3) is 5.91 Å². The Bertz CT molecular complexity index is 481. The van der Waals surface area contributed by atoms with Gasteiger partial charge in [-0.2, -0.15) is 0 Å². The first-order valence-electron chi connectivity index (χ1n) is 8.36. The standard InChI is InChI=1S/C18H27NO3/c1-3-4-12-22-16-11-10-14(13-17(16)21-2)18(20)19-15-8-6-5-7-9-15/h10-11,13,15H,3-9,12H2,1-2H3,(H,19,20). The second-order valence-corrected chi connectivity index (χ2v) is 5.88.